The minimum Gasteiger partial charge on any atom is -0.357 e. The molecule has 6 nitrogen and oxygen atoms in total. The van der Waals surface area contributed by atoms with Gasteiger partial charge in [-0.15, -0.1) is 24.0 Å². The number of likely N-dealkylation sites (N-methyl/N-ethyl adjacent to an activating group) is 1. The monoisotopic (exact) mass is 425 g/mol. The maximum absolute atomic E-state index is 11.7. The predicted molar refractivity (Wildman–Crippen MR) is 103 cm³/mol. The van der Waals surface area contributed by atoms with Gasteiger partial charge in [0.2, 0.25) is 5.91 Å². The summed E-state index contributed by atoms with van der Waals surface area (Å²) < 4.78 is 0. The van der Waals surface area contributed by atoms with Crippen LogP contribution in [0.15, 0.2) is 4.99 Å². The SMILES string of the molecule is CCNC(=NCCN(C)CC)NC1CCN(C(=O)CC)C1.I. The van der Waals surface area contributed by atoms with Crippen LogP contribution in [-0.2, 0) is 4.79 Å². The molecule has 0 radical (unpaired) electrons. The van der Waals surface area contributed by atoms with Crippen molar-refractivity contribution in [3.8, 4) is 0 Å². The standard InChI is InChI=1S/C15H31N5O.HI/c1-5-14(21)20-10-8-13(12-20)18-15(16-6-2)17-9-11-19(4)7-3;/h13H,5-12H2,1-4H3,(H2,16,17,18);1H. The van der Waals surface area contributed by atoms with Crippen LogP contribution in [0.25, 0.3) is 0 Å². The summed E-state index contributed by atoms with van der Waals surface area (Å²) in [6, 6.07) is 0.308. The molecular weight excluding hydrogens is 393 g/mol. The van der Waals surface area contributed by atoms with E-state index in [1.807, 2.05) is 11.8 Å². The zero-order chi connectivity index (χ0) is 15.7. The highest BCUT2D eigenvalue weighted by molar-refractivity contribution is 14.0. The number of guanidine groups is 1. The van der Waals surface area contributed by atoms with E-state index in [1.165, 1.54) is 0 Å². The molecule has 7 heteroatoms. The Morgan fingerprint density at radius 2 is 2.09 bits per heavy atom. The smallest absolute Gasteiger partial charge is 0.222 e. The van der Waals surface area contributed by atoms with Crippen molar-refractivity contribution < 1.29 is 4.79 Å². The Morgan fingerprint density at radius 3 is 2.68 bits per heavy atom. The van der Waals surface area contributed by atoms with E-state index < -0.39 is 0 Å². The predicted octanol–water partition coefficient (Wildman–Crippen LogP) is 1.12. The summed E-state index contributed by atoms with van der Waals surface area (Å²) in [4.78, 5) is 20.5. The molecule has 1 amide bonds. The van der Waals surface area contributed by atoms with Crippen LogP contribution in [0, 0.1) is 0 Å². The minimum atomic E-state index is 0. The zero-order valence-corrected chi connectivity index (χ0v) is 16.7. The molecule has 0 spiro atoms. The molecule has 1 saturated heterocycles. The maximum Gasteiger partial charge on any atom is 0.222 e. The normalized spacial score (nSPS) is 18.3. The quantitative estimate of drug-likeness (QED) is 0.365. The molecule has 1 fully saturated rings. The van der Waals surface area contributed by atoms with Gasteiger partial charge in [0.1, 0.15) is 0 Å². The number of carbonyl (C=O) groups is 1. The summed E-state index contributed by atoms with van der Waals surface area (Å²) in [5, 5.41) is 6.72. The fourth-order valence-corrected chi connectivity index (χ4v) is 2.33. The minimum absolute atomic E-state index is 0. The van der Waals surface area contributed by atoms with Gasteiger partial charge in [-0.05, 0) is 26.9 Å². The molecule has 1 atom stereocenters. The molecule has 1 aliphatic heterocycles. The molecule has 0 aliphatic carbocycles. The largest absolute Gasteiger partial charge is 0.357 e. The van der Waals surface area contributed by atoms with E-state index in [4.69, 9.17) is 0 Å². The van der Waals surface area contributed by atoms with E-state index in [-0.39, 0.29) is 29.9 Å². The molecular formula is C15H32IN5O. The number of nitrogens with one attached hydrogen (secondary N) is 2. The first-order valence-corrected chi connectivity index (χ1v) is 8.11. The maximum atomic E-state index is 11.7. The van der Waals surface area contributed by atoms with E-state index in [0.29, 0.717) is 12.5 Å². The van der Waals surface area contributed by atoms with Gasteiger partial charge in [-0.1, -0.05) is 13.8 Å². The van der Waals surface area contributed by atoms with Crippen molar-refractivity contribution in [2.75, 3.05) is 46.3 Å². The highest BCUT2D eigenvalue weighted by Gasteiger charge is 2.25. The summed E-state index contributed by atoms with van der Waals surface area (Å²) in [6.07, 6.45) is 1.58. The summed E-state index contributed by atoms with van der Waals surface area (Å²) in [7, 11) is 2.10. The number of carbonyl (C=O) groups excluding carboxylic acids is 1. The number of amides is 1. The molecule has 0 aromatic rings. The zero-order valence-electron chi connectivity index (χ0n) is 14.4. The van der Waals surface area contributed by atoms with Gasteiger partial charge in [0.05, 0.1) is 6.54 Å². The van der Waals surface area contributed by atoms with Gasteiger partial charge in [0.15, 0.2) is 5.96 Å². The van der Waals surface area contributed by atoms with Crippen LogP contribution in [0.1, 0.15) is 33.6 Å². The van der Waals surface area contributed by atoms with Gasteiger partial charge in [-0.3, -0.25) is 9.79 Å². The lowest BCUT2D eigenvalue weighted by atomic mass is 10.3. The van der Waals surface area contributed by atoms with Crippen molar-refractivity contribution in [2.24, 2.45) is 4.99 Å². The Hall–Kier alpha value is -0.570. The van der Waals surface area contributed by atoms with Crippen molar-refractivity contribution in [3.05, 3.63) is 0 Å². The molecule has 1 rings (SSSR count). The van der Waals surface area contributed by atoms with Crippen LogP contribution in [0.3, 0.4) is 0 Å². The van der Waals surface area contributed by atoms with Crippen LogP contribution >= 0.6 is 24.0 Å². The van der Waals surface area contributed by atoms with Crippen LogP contribution < -0.4 is 10.6 Å². The van der Waals surface area contributed by atoms with Gasteiger partial charge in [-0.25, -0.2) is 0 Å². The van der Waals surface area contributed by atoms with Crippen LogP contribution in [-0.4, -0.2) is 74.0 Å². The van der Waals surface area contributed by atoms with Crippen molar-refractivity contribution >= 4 is 35.8 Å². The summed E-state index contributed by atoms with van der Waals surface area (Å²) >= 11 is 0. The van der Waals surface area contributed by atoms with Crippen molar-refractivity contribution in [2.45, 2.75) is 39.7 Å². The van der Waals surface area contributed by atoms with Gasteiger partial charge in [0.25, 0.3) is 0 Å². The van der Waals surface area contributed by atoms with Crippen LogP contribution in [0.4, 0.5) is 0 Å². The first-order chi connectivity index (χ1) is 10.1. The summed E-state index contributed by atoms with van der Waals surface area (Å²) in [6.45, 7) is 11.4. The lowest BCUT2D eigenvalue weighted by Gasteiger charge is -2.19. The van der Waals surface area contributed by atoms with Gasteiger partial charge in [-0.2, -0.15) is 0 Å². The third kappa shape index (κ3) is 7.62. The Kier molecular flexibility index (Phi) is 11.6. The number of halogens is 1. The Bertz CT molecular complexity index is 351. The summed E-state index contributed by atoms with van der Waals surface area (Å²) in [5.74, 6) is 1.10. The van der Waals surface area contributed by atoms with E-state index in [0.717, 1.165) is 51.6 Å². The van der Waals surface area contributed by atoms with Gasteiger partial charge >= 0.3 is 0 Å². The Morgan fingerprint density at radius 1 is 1.36 bits per heavy atom. The van der Waals surface area contributed by atoms with Crippen LogP contribution in [0.5, 0.6) is 0 Å². The van der Waals surface area contributed by atoms with E-state index >= 15 is 0 Å². The fourth-order valence-electron chi connectivity index (χ4n) is 2.33. The third-order valence-corrected chi connectivity index (χ3v) is 3.82. The summed E-state index contributed by atoms with van der Waals surface area (Å²) in [5.41, 5.74) is 0. The lowest BCUT2D eigenvalue weighted by Crippen LogP contribution is -2.45. The third-order valence-electron chi connectivity index (χ3n) is 3.82. The molecule has 1 unspecified atom stereocenters. The fraction of sp³-hybridized carbons (Fsp3) is 0.867. The topological polar surface area (TPSA) is 60.0 Å². The number of hydrogen-bond donors (Lipinski definition) is 2. The number of hydrogen-bond acceptors (Lipinski definition) is 3. The molecule has 1 aliphatic rings. The molecule has 130 valence electrons. The Labute approximate surface area is 152 Å². The van der Waals surface area contributed by atoms with E-state index in [1.54, 1.807) is 0 Å². The second-order valence-electron chi connectivity index (χ2n) is 5.48. The second kappa shape index (κ2) is 11.9. The number of aliphatic imine (C=N–C) groups is 1. The molecule has 0 saturated carbocycles. The second-order valence-corrected chi connectivity index (χ2v) is 5.48. The first-order valence-electron chi connectivity index (χ1n) is 8.11. The van der Waals surface area contributed by atoms with Crippen molar-refractivity contribution in [1.82, 2.24) is 20.4 Å². The highest BCUT2D eigenvalue weighted by Crippen LogP contribution is 2.10. The van der Waals surface area contributed by atoms with E-state index in [9.17, 15) is 4.79 Å². The average Bonchev–Trinajstić information content (AvgIpc) is 2.94. The first kappa shape index (κ1) is 21.4. The molecule has 22 heavy (non-hydrogen) atoms. The van der Waals surface area contributed by atoms with E-state index in [2.05, 4.69) is 41.4 Å². The number of likely N-dealkylation sites (tertiary alicyclic amines) is 1. The van der Waals surface area contributed by atoms with Gasteiger partial charge in [0, 0.05) is 38.6 Å². The molecule has 0 bridgehead atoms. The molecule has 2 N–H and O–H groups in total. The number of rotatable bonds is 7. The number of nitrogens with zero attached hydrogens (tertiary/aromatic N) is 3. The Balaban J connectivity index is 0.00000441. The molecule has 1 heterocycles. The van der Waals surface area contributed by atoms with Crippen LogP contribution in [0.2, 0.25) is 0 Å². The average molecular weight is 425 g/mol. The lowest BCUT2D eigenvalue weighted by molar-refractivity contribution is -0.129. The van der Waals surface area contributed by atoms with Crippen molar-refractivity contribution in [3.63, 3.8) is 0 Å². The highest BCUT2D eigenvalue weighted by atomic mass is 127. The molecule has 0 aromatic heterocycles. The van der Waals surface area contributed by atoms with Crippen molar-refractivity contribution in [1.29, 1.82) is 0 Å². The molecule has 0 aromatic carbocycles. The van der Waals surface area contributed by atoms with Gasteiger partial charge < -0.3 is 20.4 Å².